The fraction of sp³-hybridized carbons (Fsp3) is 0.500. The predicted octanol–water partition coefficient (Wildman–Crippen LogP) is 0.925. The van der Waals surface area contributed by atoms with Crippen LogP contribution in [0.25, 0.3) is 0 Å². The number of aliphatic hydroxyl groups is 1. The van der Waals surface area contributed by atoms with Crippen molar-refractivity contribution in [1.29, 1.82) is 0 Å². The van der Waals surface area contributed by atoms with Crippen molar-refractivity contribution >= 4 is 23.0 Å². The second-order valence-corrected chi connectivity index (χ2v) is 4.82. The molecule has 1 aromatic heterocycles. The molecule has 1 aliphatic rings. The first-order valence-corrected chi connectivity index (χ1v) is 6.23. The van der Waals surface area contributed by atoms with Gasteiger partial charge in [0.05, 0.1) is 0 Å². The number of hydrogen-bond donors (Lipinski definition) is 2. The zero-order chi connectivity index (χ0) is 12.3. The maximum atomic E-state index is 8.92. The van der Waals surface area contributed by atoms with E-state index in [0.717, 1.165) is 37.3 Å². The van der Waals surface area contributed by atoms with Gasteiger partial charge in [-0.25, -0.2) is 4.98 Å². The average Bonchev–Trinajstić information content (AvgIpc) is 2.78. The summed E-state index contributed by atoms with van der Waals surface area (Å²) in [5.41, 5.74) is 6.33. The third-order valence-corrected chi connectivity index (χ3v) is 3.42. The van der Waals surface area contributed by atoms with Crippen molar-refractivity contribution in [3.8, 4) is 0 Å². The van der Waals surface area contributed by atoms with Crippen LogP contribution in [0.2, 0.25) is 0 Å². The largest absolute Gasteiger partial charge is 0.396 e. The second-order valence-electron chi connectivity index (χ2n) is 4.38. The van der Waals surface area contributed by atoms with Crippen molar-refractivity contribution in [3.05, 3.63) is 23.9 Å². The van der Waals surface area contributed by atoms with E-state index in [1.807, 2.05) is 12.1 Å². The minimum Gasteiger partial charge on any atom is -0.396 e. The Balaban J connectivity index is 2.01. The molecule has 0 aliphatic carbocycles. The van der Waals surface area contributed by atoms with Crippen LogP contribution in [0.5, 0.6) is 0 Å². The maximum absolute atomic E-state index is 8.92. The lowest BCUT2D eigenvalue weighted by molar-refractivity contribution is 0.263. The molecule has 1 aromatic rings. The first kappa shape index (κ1) is 12.3. The van der Waals surface area contributed by atoms with Gasteiger partial charge in [-0.05, 0) is 30.9 Å². The summed E-state index contributed by atoms with van der Waals surface area (Å²) in [5.74, 6) is 1.54. The molecule has 1 fully saturated rings. The Kier molecular flexibility index (Phi) is 3.91. The van der Waals surface area contributed by atoms with E-state index in [2.05, 4.69) is 9.88 Å². The first-order chi connectivity index (χ1) is 8.20. The van der Waals surface area contributed by atoms with Crippen molar-refractivity contribution in [2.24, 2.45) is 11.7 Å². The van der Waals surface area contributed by atoms with E-state index in [4.69, 9.17) is 23.1 Å². The average molecular weight is 251 g/mol. The van der Waals surface area contributed by atoms with Crippen molar-refractivity contribution < 1.29 is 5.11 Å². The van der Waals surface area contributed by atoms with Gasteiger partial charge in [0.1, 0.15) is 10.8 Å². The van der Waals surface area contributed by atoms with E-state index < -0.39 is 0 Å². The van der Waals surface area contributed by atoms with Crippen LogP contribution in [0.3, 0.4) is 0 Å². The van der Waals surface area contributed by atoms with Gasteiger partial charge in [-0.1, -0.05) is 12.2 Å². The zero-order valence-electron chi connectivity index (χ0n) is 9.67. The van der Waals surface area contributed by atoms with Gasteiger partial charge in [-0.3, -0.25) is 0 Å². The van der Waals surface area contributed by atoms with Gasteiger partial charge in [0, 0.05) is 31.5 Å². The number of nitrogens with two attached hydrogens (primary N) is 1. The minimum absolute atomic E-state index is 0.270. The molecule has 92 valence electrons. The molecule has 2 heterocycles. The molecule has 17 heavy (non-hydrogen) atoms. The van der Waals surface area contributed by atoms with Gasteiger partial charge in [-0.15, -0.1) is 0 Å². The summed E-state index contributed by atoms with van der Waals surface area (Å²) in [7, 11) is 0. The van der Waals surface area contributed by atoms with Gasteiger partial charge in [0.15, 0.2) is 0 Å². The van der Waals surface area contributed by atoms with Crippen LogP contribution in [0, 0.1) is 5.92 Å². The number of rotatable bonds is 4. The van der Waals surface area contributed by atoms with E-state index in [-0.39, 0.29) is 6.61 Å². The molecule has 1 aliphatic heterocycles. The number of aromatic nitrogens is 1. The van der Waals surface area contributed by atoms with Gasteiger partial charge in [0.25, 0.3) is 0 Å². The van der Waals surface area contributed by atoms with Crippen LogP contribution in [0.4, 0.5) is 5.82 Å². The molecule has 0 radical (unpaired) electrons. The van der Waals surface area contributed by atoms with Gasteiger partial charge in [0.2, 0.25) is 0 Å². The second kappa shape index (κ2) is 5.42. The van der Waals surface area contributed by atoms with E-state index in [1.165, 1.54) is 0 Å². The molecule has 5 heteroatoms. The Hall–Kier alpha value is -1.20. The molecule has 1 atom stereocenters. The van der Waals surface area contributed by atoms with E-state index in [1.54, 1.807) is 6.20 Å². The van der Waals surface area contributed by atoms with Crippen LogP contribution in [0.15, 0.2) is 18.3 Å². The Labute approximate surface area is 106 Å². The highest BCUT2D eigenvalue weighted by Gasteiger charge is 2.22. The molecule has 0 saturated carbocycles. The fourth-order valence-electron chi connectivity index (χ4n) is 2.18. The Morgan fingerprint density at radius 1 is 1.59 bits per heavy atom. The highest BCUT2D eigenvalue weighted by molar-refractivity contribution is 7.80. The molecule has 0 amide bonds. The summed E-state index contributed by atoms with van der Waals surface area (Å²) in [6.07, 6.45) is 3.72. The van der Waals surface area contributed by atoms with Crippen LogP contribution >= 0.6 is 12.2 Å². The number of thiocarbonyl (C=S) groups is 1. The Morgan fingerprint density at radius 3 is 3.00 bits per heavy atom. The summed E-state index contributed by atoms with van der Waals surface area (Å²) in [6, 6.07) is 3.86. The molecule has 1 saturated heterocycles. The third-order valence-electron chi connectivity index (χ3n) is 3.18. The smallest absolute Gasteiger partial charge is 0.128 e. The van der Waals surface area contributed by atoms with Gasteiger partial charge < -0.3 is 15.7 Å². The lowest BCUT2D eigenvalue weighted by atomic mass is 10.1. The normalized spacial score (nSPS) is 19.6. The first-order valence-electron chi connectivity index (χ1n) is 5.82. The minimum atomic E-state index is 0.270. The molecule has 0 aromatic carbocycles. The number of anilines is 1. The van der Waals surface area contributed by atoms with Crippen LogP contribution in [0.1, 0.15) is 18.4 Å². The molecular weight excluding hydrogens is 234 g/mol. The lowest BCUT2D eigenvalue weighted by Gasteiger charge is -2.17. The number of aliphatic hydroxyl groups excluding tert-OH is 1. The highest BCUT2D eigenvalue weighted by Crippen LogP contribution is 2.23. The van der Waals surface area contributed by atoms with E-state index >= 15 is 0 Å². The van der Waals surface area contributed by atoms with Crippen LogP contribution < -0.4 is 10.6 Å². The molecule has 1 unspecified atom stereocenters. The highest BCUT2D eigenvalue weighted by atomic mass is 32.1. The summed E-state index contributed by atoms with van der Waals surface area (Å²) in [4.78, 5) is 6.99. The van der Waals surface area contributed by atoms with Crippen molar-refractivity contribution in [1.82, 2.24) is 4.98 Å². The summed E-state index contributed by atoms with van der Waals surface area (Å²) >= 11 is 4.89. The maximum Gasteiger partial charge on any atom is 0.128 e. The predicted molar refractivity (Wildman–Crippen MR) is 72.1 cm³/mol. The molecule has 0 bridgehead atoms. The fourth-order valence-corrected chi connectivity index (χ4v) is 2.30. The summed E-state index contributed by atoms with van der Waals surface area (Å²) < 4.78 is 0. The SMILES string of the molecule is NC(=S)c1ccc(N2CCC(CCO)C2)nc1. The topological polar surface area (TPSA) is 62.4 Å². The number of nitrogens with zero attached hydrogens (tertiary/aromatic N) is 2. The van der Waals surface area contributed by atoms with Crippen LogP contribution in [-0.2, 0) is 0 Å². The van der Waals surface area contributed by atoms with E-state index in [0.29, 0.717) is 10.9 Å². The molecule has 3 N–H and O–H groups in total. The molecular formula is C12H17N3OS. The number of pyridine rings is 1. The lowest BCUT2D eigenvalue weighted by Crippen LogP contribution is -2.21. The third kappa shape index (κ3) is 2.92. The Morgan fingerprint density at radius 2 is 2.41 bits per heavy atom. The van der Waals surface area contributed by atoms with Crippen LogP contribution in [-0.4, -0.2) is 34.8 Å². The Bertz CT molecular complexity index is 393. The van der Waals surface area contributed by atoms with Gasteiger partial charge in [-0.2, -0.15) is 0 Å². The zero-order valence-corrected chi connectivity index (χ0v) is 10.5. The standard InChI is InChI=1S/C12H17N3OS/c13-12(17)10-1-2-11(14-7-10)15-5-3-9(8-15)4-6-16/h1-2,7,9,16H,3-6,8H2,(H2,13,17). The molecule has 2 rings (SSSR count). The molecule has 0 spiro atoms. The number of hydrogen-bond acceptors (Lipinski definition) is 4. The quantitative estimate of drug-likeness (QED) is 0.779. The molecule has 4 nitrogen and oxygen atoms in total. The van der Waals surface area contributed by atoms with Crippen molar-refractivity contribution in [3.63, 3.8) is 0 Å². The monoisotopic (exact) mass is 251 g/mol. The summed E-state index contributed by atoms with van der Waals surface area (Å²) in [6.45, 7) is 2.25. The van der Waals surface area contributed by atoms with Gasteiger partial charge >= 0.3 is 0 Å². The van der Waals surface area contributed by atoms with Crippen molar-refractivity contribution in [2.75, 3.05) is 24.6 Å². The summed E-state index contributed by atoms with van der Waals surface area (Å²) in [5, 5.41) is 8.92. The van der Waals surface area contributed by atoms with Crippen molar-refractivity contribution in [2.45, 2.75) is 12.8 Å². The van der Waals surface area contributed by atoms with E-state index in [9.17, 15) is 0 Å².